The first-order chi connectivity index (χ1) is 8.56. The Kier molecular flexibility index (Phi) is 3.88. The van der Waals surface area contributed by atoms with Crippen molar-refractivity contribution in [3.63, 3.8) is 0 Å². The fourth-order valence-corrected chi connectivity index (χ4v) is 1.93. The Morgan fingerprint density at radius 2 is 2.17 bits per heavy atom. The molecular formula is C11H8BrClN2O3. The maximum Gasteiger partial charge on any atom is 0.289 e. The number of nitrogens with one attached hydrogen (secondary N) is 1. The largest absolute Gasteiger partial charge is 0.452 e. The number of hydrogen-bond donors (Lipinski definition) is 1. The van der Waals surface area contributed by atoms with Gasteiger partial charge in [-0.25, -0.2) is 0 Å². The van der Waals surface area contributed by atoms with E-state index in [0.29, 0.717) is 16.9 Å². The zero-order valence-corrected chi connectivity index (χ0v) is 11.4. The average Bonchev–Trinajstić information content (AvgIpc) is 2.74. The van der Waals surface area contributed by atoms with Gasteiger partial charge in [-0.3, -0.25) is 10.1 Å². The second-order valence-electron chi connectivity index (χ2n) is 3.48. The van der Waals surface area contributed by atoms with Gasteiger partial charge in [0.25, 0.3) is 5.69 Å². The number of nitro benzene ring substituents is 1. The van der Waals surface area contributed by atoms with E-state index in [1.165, 1.54) is 12.1 Å². The van der Waals surface area contributed by atoms with E-state index in [4.69, 9.17) is 16.0 Å². The molecule has 2 rings (SSSR count). The van der Waals surface area contributed by atoms with Gasteiger partial charge in [-0.15, -0.1) is 0 Å². The van der Waals surface area contributed by atoms with Gasteiger partial charge >= 0.3 is 0 Å². The van der Waals surface area contributed by atoms with Crippen LogP contribution in [0.1, 0.15) is 5.76 Å². The molecule has 0 aliphatic heterocycles. The molecular weight excluding hydrogens is 323 g/mol. The van der Waals surface area contributed by atoms with Crippen molar-refractivity contribution < 1.29 is 9.34 Å². The standard InChI is InChI=1S/C11H8BrClN2O3/c12-11-4-2-8(18-11)6-14-7-1-3-9(13)10(5-7)15(16)17/h1-5,14H,6H2. The van der Waals surface area contributed by atoms with E-state index in [1.54, 1.807) is 18.2 Å². The van der Waals surface area contributed by atoms with Crippen LogP contribution < -0.4 is 5.32 Å². The number of benzene rings is 1. The topological polar surface area (TPSA) is 68.3 Å². The zero-order valence-electron chi connectivity index (χ0n) is 9.02. The highest BCUT2D eigenvalue weighted by Crippen LogP contribution is 2.27. The molecule has 94 valence electrons. The second-order valence-corrected chi connectivity index (χ2v) is 4.67. The minimum atomic E-state index is -0.517. The number of nitrogens with zero attached hydrogens (tertiary/aromatic N) is 1. The summed E-state index contributed by atoms with van der Waals surface area (Å²) in [4.78, 5) is 10.2. The van der Waals surface area contributed by atoms with Crippen LogP contribution in [-0.4, -0.2) is 4.92 Å². The number of furan rings is 1. The van der Waals surface area contributed by atoms with Gasteiger partial charge in [-0.2, -0.15) is 0 Å². The minimum Gasteiger partial charge on any atom is -0.452 e. The zero-order chi connectivity index (χ0) is 13.1. The predicted octanol–water partition coefficient (Wildman–Crippen LogP) is 4.22. The molecule has 0 spiro atoms. The molecule has 18 heavy (non-hydrogen) atoms. The molecule has 0 amide bonds. The minimum absolute atomic E-state index is 0.117. The Morgan fingerprint density at radius 1 is 1.39 bits per heavy atom. The lowest BCUT2D eigenvalue weighted by atomic mass is 10.2. The monoisotopic (exact) mass is 330 g/mol. The van der Waals surface area contributed by atoms with Crippen molar-refractivity contribution in [2.75, 3.05) is 5.32 Å². The van der Waals surface area contributed by atoms with Gasteiger partial charge in [0.2, 0.25) is 0 Å². The summed E-state index contributed by atoms with van der Waals surface area (Å²) < 4.78 is 5.94. The highest BCUT2D eigenvalue weighted by molar-refractivity contribution is 9.10. The van der Waals surface area contributed by atoms with Gasteiger partial charge < -0.3 is 9.73 Å². The van der Waals surface area contributed by atoms with Crippen LogP contribution in [0.4, 0.5) is 11.4 Å². The third-order valence-electron chi connectivity index (χ3n) is 2.24. The molecule has 0 aliphatic carbocycles. The normalized spacial score (nSPS) is 10.3. The smallest absolute Gasteiger partial charge is 0.289 e. The number of halogens is 2. The van der Waals surface area contributed by atoms with Crippen molar-refractivity contribution >= 4 is 38.9 Å². The molecule has 0 bridgehead atoms. The molecule has 0 aliphatic rings. The SMILES string of the molecule is O=[N+]([O-])c1cc(NCc2ccc(Br)o2)ccc1Cl. The van der Waals surface area contributed by atoms with Crippen LogP contribution in [-0.2, 0) is 6.54 Å². The third kappa shape index (κ3) is 3.02. The van der Waals surface area contributed by atoms with Crippen LogP contribution in [0.5, 0.6) is 0 Å². The molecule has 2 aromatic rings. The summed E-state index contributed by atoms with van der Waals surface area (Å²) in [5.41, 5.74) is 0.487. The van der Waals surface area contributed by atoms with Crippen molar-refractivity contribution in [3.05, 3.63) is 55.9 Å². The van der Waals surface area contributed by atoms with Gasteiger partial charge in [0.1, 0.15) is 10.8 Å². The number of rotatable bonds is 4. The Labute approximate surface area is 116 Å². The van der Waals surface area contributed by atoms with Crippen LogP contribution in [0.25, 0.3) is 0 Å². The molecule has 0 fully saturated rings. The van der Waals surface area contributed by atoms with E-state index >= 15 is 0 Å². The van der Waals surface area contributed by atoms with Gasteiger partial charge in [0.05, 0.1) is 11.5 Å². The highest BCUT2D eigenvalue weighted by atomic mass is 79.9. The first-order valence-corrected chi connectivity index (χ1v) is 6.15. The Hall–Kier alpha value is -1.53. The number of nitro groups is 1. The summed E-state index contributed by atoms with van der Waals surface area (Å²) in [7, 11) is 0. The summed E-state index contributed by atoms with van der Waals surface area (Å²) >= 11 is 8.91. The number of hydrogen-bond acceptors (Lipinski definition) is 4. The van der Waals surface area contributed by atoms with Gasteiger partial charge in [-0.1, -0.05) is 11.6 Å². The Balaban J connectivity index is 2.10. The summed E-state index contributed by atoms with van der Waals surface area (Å²) in [5, 5.41) is 13.9. The van der Waals surface area contributed by atoms with Crippen LogP contribution in [0.3, 0.4) is 0 Å². The molecule has 1 N–H and O–H groups in total. The molecule has 1 aromatic heterocycles. The summed E-state index contributed by atoms with van der Waals surface area (Å²) in [5.74, 6) is 0.722. The quantitative estimate of drug-likeness (QED) is 0.673. The summed E-state index contributed by atoms with van der Waals surface area (Å²) in [6.45, 7) is 0.435. The molecule has 0 unspecified atom stereocenters. The summed E-state index contributed by atoms with van der Waals surface area (Å²) in [6.07, 6.45) is 0. The molecule has 0 saturated heterocycles. The fraction of sp³-hybridized carbons (Fsp3) is 0.0909. The average molecular weight is 332 g/mol. The number of anilines is 1. The molecule has 1 aromatic carbocycles. The van der Waals surface area contributed by atoms with E-state index in [-0.39, 0.29) is 10.7 Å². The summed E-state index contributed by atoms with van der Waals surface area (Å²) in [6, 6.07) is 8.14. The van der Waals surface area contributed by atoms with Gasteiger partial charge in [0.15, 0.2) is 4.67 Å². The van der Waals surface area contributed by atoms with E-state index < -0.39 is 4.92 Å². The second kappa shape index (κ2) is 5.41. The first kappa shape index (κ1) is 12.9. The lowest BCUT2D eigenvalue weighted by Gasteiger charge is -2.04. The van der Waals surface area contributed by atoms with Gasteiger partial charge in [-0.05, 0) is 40.2 Å². The molecule has 0 radical (unpaired) electrons. The van der Waals surface area contributed by atoms with E-state index in [9.17, 15) is 10.1 Å². The third-order valence-corrected chi connectivity index (χ3v) is 2.98. The van der Waals surface area contributed by atoms with Crippen LogP contribution in [0, 0.1) is 10.1 Å². The molecule has 7 heteroatoms. The lowest BCUT2D eigenvalue weighted by molar-refractivity contribution is -0.384. The van der Waals surface area contributed by atoms with Crippen molar-refractivity contribution in [2.45, 2.75) is 6.54 Å². The lowest BCUT2D eigenvalue weighted by Crippen LogP contribution is -1.99. The van der Waals surface area contributed by atoms with Crippen molar-refractivity contribution in [2.24, 2.45) is 0 Å². The maximum atomic E-state index is 10.7. The maximum absolute atomic E-state index is 10.7. The Bertz CT molecular complexity index is 585. The molecule has 0 atom stereocenters. The molecule has 1 heterocycles. The van der Waals surface area contributed by atoms with Crippen LogP contribution >= 0.6 is 27.5 Å². The van der Waals surface area contributed by atoms with Gasteiger partial charge in [0, 0.05) is 11.8 Å². The first-order valence-electron chi connectivity index (χ1n) is 4.98. The van der Waals surface area contributed by atoms with Crippen molar-refractivity contribution in [1.82, 2.24) is 0 Å². The predicted molar refractivity (Wildman–Crippen MR) is 71.8 cm³/mol. The highest BCUT2D eigenvalue weighted by Gasteiger charge is 2.12. The van der Waals surface area contributed by atoms with Crippen molar-refractivity contribution in [1.29, 1.82) is 0 Å². The van der Waals surface area contributed by atoms with Crippen LogP contribution in [0.2, 0.25) is 5.02 Å². The molecule has 0 saturated carbocycles. The van der Waals surface area contributed by atoms with Crippen molar-refractivity contribution in [3.8, 4) is 0 Å². The van der Waals surface area contributed by atoms with E-state index in [1.807, 2.05) is 0 Å². The van der Waals surface area contributed by atoms with E-state index in [0.717, 1.165) is 5.76 Å². The molecule has 5 nitrogen and oxygen atoms in total. The van der Waals surface area contributed by atoms with E-state index in [2.05, 4.69) is 21.2 Å². The van der Waals surface area contributed by atoms with Crippen LogP contribution in [0.15, 0.2) is 39.4 Å². The fourth-order valence-electron chi connectivity index (χ4n) is 1.40. The Morgan fingerprint density at radius 3 is 2.78 bits per heavy atom.